The van der Waals surface area contributed by atoms with E-state index in [1.807, 2.05) is 0 Å². The number of rotatable bonds is 8. The van der Waals surface area contributed by atoms with Crippen molar-refractivity contribution < 1.29 is 26.5 Å². The van der Waals surface area contributed by atoms with Crippen LogP contribution >= 0.6 is 0 Å². The minimum absolute atomic E-state index is 0.00533. The van der Waals surface area contributed by atoms with Crippen LogP contribution in [0, 0.1) is 24.0 Å². The van der Waals surface area contributed by atoms with Gasteiger partial charge >= 0.3 is 6.01 Å². The molecule has 4 heterocycles. The molecular formula is C34H30F2N6O4S. The average Bonchev–Trinajstić information content (AvgIpc) is 3.41. The molecule has 2 aliphatic rings. The Hall–Kier alpha value is -4.90. The number of fused-ring (bicyclic) bond motifs is 4. The molecule has 2 saturated heterocycles. The Morgan fingerprint density at radius 1 is 1.11 bits per heavy atom. The number of halogens is 2. The van der Waals surface area contributed by atoms with Gasteiger partial charge in [-0.05, 0) is 42.5 Å². The number of terminal acetylenes is 1. The summed E-state index contributed by atoms with van der Waals surface area (Å²) < 4.78 is 70.0. The summed E-state index contributed by atoms with van der Waals surface area (Å²) in [7, 11) is -2.62. The molecule has 2 fully saturated rings. The second-order valence-electron chi connectivity index (χ2n) is 11.8. The molecule has 240 valence electrons. The van der Waals surface area contributed by atoms with E-state index in [0.717, 1.165) is 12.8 Å². The number of anilines is 2. The van der Waals surface area contributed by atoms with Crippen molar-refractivity contribution in [3.8, 4) is 29.6 Å². The number of hydrogen-bond donors (Lipinski definition) is 2. The summed E-state index contributed by atoms with van der Waals surface area (Å²) in [5, 5.41) is 5.04. The quantitative estimate of drug-likeness (QED) is 0.178. The van der Waals surface area contributed by atoms with E-state index in [1.165, 1.54) is 24.3 Å². The van der Waals surface area contributed by atoms with Gasteiger partial charge in [0.25, 0.3) is 10.1 Å². The molecule has 2 aliphatic heterocycles. The van der Waals surface area contributed by atoms with Crippen LogP contribution < -0.4 is 19.9 Å². The predicted molar refractivity (Wildman–Crippen MR) is 175 cm³/mol. The molecule has 2 aromatic heterocycles. The smallest absolute Gasteiger partial charge is 0.319 e. The minimum atomic E-state index is -4.36. The van der Waals surface area contributed by atoms with Crippen molar-refractivity contribution in [2.45, 2.75) is 29.8 Å². The molecule has 3 aromatic carbocycles. The summed E-state index contributed by atoms with van der Waals surface area (Å²) in [6.07, 6.45) is 9.29. The molecule has 2 N–H and O–H groups in total. The number of hydrogen-bond acceptors (Lipinski definition) is 9. The van der Waals surface area contributed by atoms with Crippen LogP contribution in [0.5, 0.6) is 6.01 Å². The molecule has 10 nitrogen and oxygen atoms in total. The Balaban J connectivity index is 1.27. The van der Waals surface area contributed by atoms with Gasteiger partial charge in [-0.1, -0.05) is 36.3 Å². The number of nitrogens with one attached hydrogen (secondary N) is 1. The summed E-state index contributed by atoms with van der Waals surface area (Å²) in [4.78, 5) is 17.4. The van der Waals surface area contributed by atoms with Gasteiger partial charge in [0.2, 0.25) is 0 Å². The fourth-order valence-corrected chi connectivity index (χ4v) is 6.98. The Labute approximate surface area is 270 Å². The Morgan fingerprint density at radius 3 is 2.62 bits per heavy atom. The molecule has 13 heteroatoms. The number of ether oxygens (including phenoxy) is 1. The maximum atomic E-state index is 16.7. The number of nitrogens with zero attached hydrogens (tertiary/aromatic N) is 5. The highest BCUT2D eigenvalue weighted by Gasteiger charge is 2.34. The van der Waals surface area contributed by atoms with Gasteiger partial charge in [0, 0.05) is 55.1 Å². The SMILES string of the molecule is C#Cc1c(F)ccc2cccc(-c3ncc4c(N5CC6CCC(C5)N6)nc(OCCN(C)c5cccc(S(=O)(=O)O)c5)nc4c3F)c12. The zero-order valence-corrected chi connectivity index (χ0v) is 26.1. The molecule has 7 rings (SSSR count). The molecule has 0 saturated carbocycles. The Bertz CT molecular complexity index is 2180. The molecule has 0 amide bonds. The highest BCUT2D eigenvalue weighted by molar-refractivity contribution is 7.85. The normalized spacial score (nSPS) is 17.6. The molecule has 0 radical (unpaired) electrons. The van der Waals surface area contributed by atoms with Gasteiger partial charge in [-0.2, -0.15) is 18.4 Å². The summed E-state index contributed by atoms with van der Waals surface area (Å²) in [5.74, 6) is 1.61. The average molecular weight is 657 g/mol. The third-order valence-electron chi connectivity index (χ3n) is 8.77. The van der Waals surface area contributed by atoms with Crippen LogP contribution in [0.15, 0.2) is 65.7 Å². The van der Waals surface area contributed by atoms with Gasteiger partial charge in [0.15, 0.2) is 5.82 Å². The standard InChI is InChI=1S/C34H30F2N6O4S/c1-3-25-28(35)13-10-20-6-4-9-26(29(20)25)31-30(36)32-27(17-37-31)33(42-18-21-11-12-22(19-42)38-21)40-34(39-32)46-15-14-41(2)23-7-5-8-24(16-23)47(43,44)45/h1,4-10,13,16-17,21-22,38H,11-12,14-15,18-19H2,2H3,(H,43,44,45). The third kappa shape index (κ3) is 5.80. The first-order chi connectivity index (χ1) is 22.6. The van der Waals surface area contributed by atoms with Gasteiger partial charge < -0.3 is 19.9 Å². The number of pyridine rings is 1. The van der Waals surface area contributed by atoms with Crippen LogP contribution in [0.25, 0.3) is 32.9 Å². The molecule has 5 aromatic rings. The van der Waals surface area contributed by atoms with Crippen molar-refractivity contribution in [3.63, 3.8) is 0 Å². The van der Waals surface area contributed by atoms with Crippen molar-refractivity contribution in [1.29, 1.82) is 0 Å². The second-order valence-corrected chi connectivity index (χ2v) is 13.2. The number of benzene rings is 3. The van der Waals surface area contributed by atoms with Crippen molar-refractivity contribution >= 4 is 43.3 Å². The first-order valence-corrected chi connectivity index (χ1v) is 16.5. The molecule has 0 aliphatic carbocycles. The van der Waals surface area contributed by atoms with Crippen LogP contribution in [-0.2, 0) is 10.1 Å². The van der Waals surface area contributed by atoms with E-state index >= 15 is 4.39 Å². The van der Waals surface area contributed by atoms with E-state index in [4.69, 9.17) is 16.1 Å². The van der Waals surface area contributed by atoms with Gasteiger partial charge in [-0.25, -0.2) is 8.78 Å². The van der Waals surface area contributed by atoms with Crippen molar-refractivity contribution in [2.24, 2.45) is 0 Å². The van der Waals surface area contributed by atoms with E-state index in [0.29, 0.717) is 52.9 Å². The summed E-state index contributed by atoms with van der Waals surface area (Å²) in [6, 6.07) is 14.4. The highest BCUT2D eigenvalue weighted by atomic mass is 32.2. The highest BCUT2D eigenvalue weighted by Crippen LogP contribution is 2.37. The maximum Gasteiger partial charge on any atom is 0.319 e. The molecule has 2 unspecified atom stereocenters. The predicted octanol–water partition coefficient (Wildman–Crippen LogP) is 4.81. The van der Waals surface area contributed by atoms with E-state index < -0.39 is 21.8 Å². The fourth-order valence-electron chi connectivity index (χ4n) is 6.46. The molecular weight excluding hydrogens is 626 g/mol. The van der Waals surface area contributed by atoms with Crippen LogP contribution in [0.1, 0.15) is 18.4 Å². The lowest BCUT2D eigenvalue weighted by Crippen LogP contribution is -2.51. The summed E-state index contributed by atoms with van der Waals surface area (Å²) >= 11 is 0. The lowest BCUT2D eigenvalue weighted by molar-refractivity contribution is 0.301. The van der Waals surface area contributed by atoms with Gasteiger partial charge in [0.05, 0.1) is 22.4 Å². The van der Waals surface area contributed by atoms with E-state index in [-0.39, 0.29) is 46.4 Å². The van der Waals surface area contributed by atoms with Crippen LogP contribution in [0.2, 0.25) is 0 Å². The number of aromatic nitrogens is 3. The molecule has 47 heavy (non-hydrogen) atoms. The number of piperazine rings is 1. The van der Waals surface area contributed by atoms with Gasteiger partial charge in [-0.15, -0.1) is 6.42 Å². The summed E-state index contributed by atoms with van der Waals surface area (Å²) in [6.45, 7) is 1.72. The van der Waals surface area contributed by atoms with Crippen LogP contribution in [0.4, 0.5) is 20.3 Å². The first kappa shape index (κ1) is 30.7. The fraction of sp³-hybridized carbons (Fsp3) is 0.265. The Morgan fingerprint density at radius 2 is 1.87 bits per heavy atom. The summed E-state index contributed by atoms with van der Waals surface area (Å²) in [5.41, 5.74) is 0.880. The van der Waals surface area contributed by atoms with Crippen LogP contribution in [0.3, 0.4) is 0 Å². The topological polar surface area (TPSA) is 121 Å². The maximum absolute atomic E-state index is 16.7. The van der Waals surface area contributed by atoms with E-state index in [2.05, 4.69) is 26.1 Å². The monoisotopic (exact) mass is 656 g/mol. The lowest BCUT2D eigenvalue weighted by Gasteiger charge is -2.34. The second kappa shape index (κ2) is 12.0. The van der Waals surface area contributed by atoms with E-state index in [1.54, 1.807) is 48.5 Å². The Kier molecular flexibility index (Phi) is 7.87. The van der Waals surface area contributed by atoms with Crippen LogP contribution in [-0.4, -0.2) is 73.3 Å². The molecule has 0 spiro atoms. The third-order valence-corrected chi connectivity index (χ3v) is 9.62. The van der Waals surface area contributed by atoms with Crippen molar-refractivity contribution in [1.82, 2.24) is 20.3 Å². The number of likely N-dealkylation sites (N-methyl/N-ethyl adjacent to an activating group) is 1. The first-order valence-electron chi connectivity index (χ1n) is 15.1. The minimum Gasteiger partial charge on any atom is -0.462 e. The van der Waals surface area contributed by atoms with Gasteiger partial charge in [0.1, 0.15) is 29.5 Å². The van der Waals surface area contributed by atoms with Crippen molar-refractivity contribution in [3.05, 3.63) is 78.0 Å². The van der Waals surface area contributed by atoms with Crippen molar-refractivity contribution in [2.75, 3.05) is 43.1 Å². The molecule has 2 bridgehead atoms. The van der Waals surface area contributed by atoms with Gasteiger partial charge in [-0.3, -0.25) is 9.54 Å². The lowest BCUT2D eigenvalue weighted by atomic mass is 9.96. The molecule has 2 atom stereocenters. The zero-order valence-electron chi connectivity index (χ0n) is 25.3. The zero-order chi connectivity index (χ0) is 32.9. The van der Waals surface area contributed by atoms with E-state index in [9.17, 15) is 17.4 Å². The largest absolute Gasteiger partial charge is 0.462 e.